The molecular weight excluding hydrogens is 308 g/mol. The summed E-state index contributed by atoms with van der Waals surface area (Å²) in [7, 11) is 1.57. The quantitative estimate of drug-likeness (QED) is 0.365. The van der Waals surface area contributed by atoms with Gasteiger partial charge in [0.05, 0.1) is 7.11 Å². The van der Waals surface area contributed by atoms with Gasteiger partial charge in [0.2, 0.25) is 0 Å². The summed E-state index contributed by atoms with van der Waals surface area (Å²) in [4.78, 5) is 16.4. The highest BCUT2D eigenvalue weighted by Crippen LogP contribution is 2.13. The average molecular weight is 328 g/mol. The summed E-state index contributed by atoms with van der Waals surface area (Å²) >= 11 is 0. The van der Waals surface area contributed by atoms with Gasteiger partial charge in [-0.1, -0.05) is 24.2 Å². The van der Waals surface area contributed by atoms with E-state index < -0.39 is 5.97 Å². The Morgan fingerprint density at radius 1 is 1.04 bits per heavy atom. The molecule has 0 bridgehead atoms. The predicted octanol–water partition coefficient (Wildman–Crippen LogP) is 2.50. The van der Waals surface area contributed by atoms with Crippen LogP contribution in [-0.4, -0.2) is 25.5 Å². The molecule has 0 fully saturated rings. The van der Waals surface area contributed by atoms with Crippen LogP contribution in [0.15, 0.2) is 53.7 Å². The summed E-state index contributed by atoms with van der Waals surface area (Å²) in [5.74, 6) is 0.756. The molecule has 126 valence electrons. The first kappa shape index (κ1) is 17.3. The van der Waals surface area contributed by atoms with Gasteiger partial charge in [-0.15, -0.1) is 0 Å². The zero-order valence-corrected chi connectivity index (χ0v) is 13.7. The highest BCUT2D eigenvalue weighted by atomic mass is 16.7. The fourth-order valence-corrected chi connectivity index (χ4v) is 1.90. The molecule has 0 spiro atoms. The number of rotatable bonds is 7. The second kappa shape index (κ2) is 8.57. The molecule has 2 rings (SSSR count). The van der Waals surface area contributed by atoms with Crippen LogP contribution >= 0.6 is 0 Å². The maximum Gasteiger partial charge on any atom is 0.372 e. The monoisotopic (exact) mass is 328 g/mol. The van der Waals surface area contributed by atoms with Crippen LogP contribution in [0, 0.1) is 0 Å². The third-order valence-electron chi connectivity index (χ3n) is 3.32. The highest BCUT2D eigenvalue weighted by Gasteiger charge is 2.06. The van der Waals surface area contributed by atoms with Gasteiger partial charge >= 0.3 is 5.97 Å². The van der Waals surface area contributed by atoms with Gasteiger partial charge in [0.25, 0.3) is 0 Å². The SMILES string of the molecule is CCc1ccc(OCC(=O)O/N=C(\N)c2ccc(OC)cc2)cc1. The molecule has 2 aromatic rings. The summed E-state index contributed by atoms with van der Waals surface area (Å²) in [6.45, 7) is 1.82. The molecule has 0 heterocycles. The highest BCUT2D eigenvalue weighted by molar-refractivity contribution is 5.97. The van der Waals surface area contributed by atoms with Gasteiger partial charge in [0, 0.05) is 5.56 Å². The van der Waals surface area contributed by atoms with Crippen LogP contribution in [0.5, 0.6) is 11.5 Å². The minimum absolute atomic E-state index is 0.0956. The molecule has 0 aliphatic carbocycles. The third-order valence-corrected chi connectivity index (χ3v) is 3.32. The lowest BCUT2D eigenvalue weighted by Crippen LogP contribution is -2.18. The molecule has 0 atom stereocenters. The van der Waals surface area contributed by atoms with Gasteiger partial charge in [0.15, 0.2) is 12.4 Å². The van der Waals surface area contributed by atoms with E-state index in [1.165, 1.54) is 5.56 Å². The lowest BCUT2D eigenvalue weighted by Gasteiger charge is -2.05. The van der Waals surface area contributed by atoms with Crippen LogP contribution in [0.2, 0.25) is 0 Å². The van der Waals surface area contributed by atoms with E-state index in [1.54, 1.807) is 43.5 Å². The van der Waals surface area contributed by atoms with E-state index in [-0.39, 0.29) is 12.4 Å². The topological polar surface area (TPSA) is 83.1 Å². The molecule has 0 radical (unpaired) electrons. The van der Waals surface area contributed by atoms with Crippen molar-refractivity contribution in [1.29, 1.82) is 0 Å². The Hall–Kier alpha value is -3.02. The Balaban J connectivity index is 1.84. The minimum atomic E-state index is -0.633. The number of ether oxygens (including phenoxy) is 2. The van der Waals surface area contributed by atoms with E-state index in [2.05, 4.69) is 12.1 Å². The van der Waals surface area contributed by atoms with Crippen molar-refractivity contribution in [3.05, 3.63) is 59.7 Å². The van der Waals surface area contributed by atoms with Gasteiger partial charge in [-0.3, -0.25) is 0 Å². The van der Waals surface area contributed by atoms with E-state index >= 15 is 0 Å². The fraction of sp³-hybridized carbons (Fsp3) is 0.222. The zero-order chi connectivity index (χ0) is 17.4. The number of benzene rings is 2. The van der Waals surface area contributed by atoms with Crippen LogP contribution in [-0.2, 0) is 16.1 Å². The van der Waals surface area contributed by atoms with Crippen molar-refractivity contribution >= 4 is 11.8 Å². The molecule has 0 aliphatic heterocycles. The van der Waals surface area contributed by atoms with Crippen LogP contribution < -0.4 is 15.2 Å². The Kier molecular flexibility index (Phi) is 6.19. The summed E-state index contributed by atoms with van der Waals surface area (Å²) < 4.78 is 10.4. The summed E-state index contributed by atoms with van der Waals surface area (Å²) in [5, 5.41) is 3.61. The lowest BCUT2D eigenvalue weighted by atomic mass is 10.2. The van der Waals surface area contributed by atoms with Crippen LogP contribution in [0.4, 0.5) is 0 Å². The van der Waals surface area contributed by atoms with Crippen LogP contribution in [0.3, 0.4) is 0 Å². The number of methoxy groups -OCH3 is 1. The minimum Gasteiger partial charge on any atom is -0.497 e. The largest absolute Gasteiger partial charge is 0.497 e. The van der Waals surface area contributed by atoms with Crippen molar-refractivity contribution in [1.82, 2.24) is 0 Å². The molecule has 2 N–H and O–H groups in total. The third kappa shape index (κ3) is 5.01. The predicted molar refractivity (Wildman–Crippen MR) is 91.1 cm³/mol. The zero-order valence-electron chi connectivity index (χ0n) is 13.7. The number of carbonyl (C=O) groups excluding carboxylic acids is 1. The van der Waals surface area contributed by atoms with Crippen molar-refractivity contribution in [2.24, 2.45) is 10.9 Å². The molecular formula is C18H20N2O4. The van der Waals surface area contributed by atoms with Crippen LogP contribution in [0.1, 0.15) is 18.1 Å². The van der Waals surface area contributed by atoms with E-state index in [9.17, 15) is 4.79 Å². The molecule has 0 aromatic heterocycles. The van der Waals surface area contributed by atoms with E-state index in [0.29, 0.717) is 17.1 Å². The van der Waals surface area contributed by atoms with E-state index in [1.807, 2.05) is 12.1 Å². The normalized spacial score (nSPS) is 11.0. The van der Waals surface area contributed by atoms with Gasteiger partial charge in [-0.25, -0.2) is 4.79 Å². The summed E-state index contributed by atoms with van der Waals surface area (Å²) in [6, 6.07) is 14.4. The first-order chi connectivity index (χ1) is 11.6. The second-order valence-corrected chi connectivity index (χ2v) is 4.95. The van der Waals surface area contributed by atoms with Gasteiger partial charge in [0.1, 0.15) is 11.5 Å². The lowest BCUT2D eigenvalue weighted by molar-refractivity contribution is -0.146. The second-order valence-electron chi connectivity index (χ2n) is 4.95. The van der Waals surface area contributed by atoms with Gasteiger partial charge < -0.3 is 20.0 Å². The smallest absolute Gasteiger partial charge is 0.372 e. The Labute approximate surface area is 140 Å². The van der Waals surface area contributed by atoms with Crippen molar-refractivity contribution in [3.8, 4) is 11.5 Å². The number of hydrogen-bond donors (Lipinski definition) is 1. The number of hydrogen-bond acceptors (Lipinski definition) is 5. The molecule has 6 heteroatoms. The maximum atomic E-state index is 11.6. The molecule has 24 heavy (non-hydrogen) atoms. The fourth-order valence-electron chi connectivity index (χ4n) is 1.90. The molecule has 0 unspecified atom stereocenters. The Bertz CT molecular complexity index is 694. The molecule has 0 saturated carbocycles. The standard InChI is InChI=1S/C18H20N2O4/c1-3-13-4-8-16(9-5-13)23-12-17(21)24-20-18(19)14-6-10-15(22-2)11-7-14/h4-11H,3,12H2,1-2H3,(H2,19,20). The first-order valence-corrected chi connectivity index (χ1v) is 7.52. The molecule has 0 amide bonds. The number of amidine groups is 1. The number of carbonyl (C=O) groups is 1. The summed E-state index contributed by atoms with van der Waals surface area (Å²) in [5.41, 5.74) is 7.59. The van der Waals surface area contributed by atoms with Crippen molar-refractivity contribution in [2.75, 3.05) is 13.7 Å². The number of oxime groups is 1. The molecule has 2 aromatic carbocycles. The van der Waals surface area contributed by atoms with Crippen molar-refractivity contribution in [3.63, 3.8) is 0 Å². The maximum absolute atomic E-state index is 11.6. The van der Waals surface area contributed by atoms with E-state index in [4.69, 9.17) is 20.0 Å². The molecule has 0 aliphatic rings. The number of nitrogens with two attached hydrogens (primary N) is 1. The number of nitrogens with zero attached hydrogens (tertiary/aromatic N) is 1. The Morgan fingerprint density at radius 2 is 1.67 bits per heavy atom. The molecule has 0 saturated heterocycles. The average Bonchev–Trinajstić information content (AvgIpc) is 2.64. The number of aryl methyl sites for hydroxylation is 1. The van der Waals surface area contributed by atoms with Gasteiger partial charge in [-0.2, -0.15) is 0 Å². The first-order valence-electron chi connectivity index (χ1n) is 7.52. The van der Waals surface area contributed by atoms with E-state index in [0.717, 1.165) is 6.42 Å². The van der Waals surface area contributed by atoms with Crippen LogP contribution in [0.25, 0.3) is 0 Å². The molecule has 6 nitrogen and oxygen atoms in total. The summed E-state index contributed by atoms with van der Waals surface area (Å²) in [6.07, 6.45) is 0.946. The van der Waals surface area contributed by atoms with Crippen molar-refractivity contribution in [2.45, 2.75) is 13.3 Å². The Morgan fingerprint density at radius 3 is 2.25 bits per heavy atom. The van der Waals surface area contributed by atoms with Gasteiger partial charge in [-0.05, 0) is 48.4 Å². The van der Waals surface area contributed by atoms with Crippen molar-refractivity contribution < 1.29 is 19.1 Å².